The van der Waals surface area contributed by atoms with E-state index in [0.29, 0.717) is 0 Å². The van der Waals surface area contributed by atoms with Gasteiger partial charge in [0, 0.05) is 18.4 Å². The Kier molecular flexibility index (Phi) is 4.36. The summed E-state index contributed by atoms with van der Waals surface area (Å²) >= 11 is 0. The number of aliphatic hydroxyl groups excluding tert-OH is 1. The smallest absolute Gasteiger partial charge is 0.0682 e. The lowest BCUT2D eigenvalue weighted by molar-refractivity contribution is 0.282. The second kappa shape index (κ2) is 6.21. The van der Waals surface area contributed by atoms with Crippen LogP contribution >= 0.6 is 0 Å². The fraction of sp³-hybridized carbons (Fsp3) is 0.357. The predicted molar refractivity (Wildman–Crippen MR) is 72.2 cm³/mol. The average Bonchev–Trinajstić information content (AvgIpc) is 2.85. The number of nitrogens with one attached hydrogen (secondary N) is 1. The zero-order valence-corrected chi connectivity index (χ0v) is 10.6. The Balaban J connectivity index is 1.99. The first-order valence-electron chi connectivity index (χ1n) is 6.28. The summed E-state index contributed by atoms with van der Waals surface area (Å²) in [5.41, 5.74) is 3.11. The summed E-state index contributed by atoms with van der Waals surface area (Å²) in [5, 5.41) is 16.7. The second-order valence-corrected chi connectivity index (χ2v) is 4.26. The summed E-state index contributed by atoms with van der Waals surface area (Å²) in [6.07, 6.45) is 2.91. The molecule has 0 unspecified atom stereocenters. The quantitative estimate of drug-likeness (QED) is 0.821. The highest BCUT2D eigenvalue weighted by atomic mass is 16.3. The maximum absolute atomic E-state index is 9.09. The molecular formula is C14H19N3O. The summed E-state index contributed by atoms with van der Waals surface area (Å²) in [4.78, 5) is 0. The number of nitrogens with zero attached hydrogens (tertiary/aromatic N) is 2. The molecule has 0 aliphatic rings. The third-order valence-corrected chi connectivity index (χ3v) is 2.82. The van der Waals surface area contributed by atoms with Crippen LogP contribution in [0.3, 0.4) is 0 Å². The van der Waals surface area contributed by atoms with Crippen LogP contribution in [0.4, 0.5) is 5.69 Å². The molecule has 2 aromatic rings. The number of aryl methyl sites for hydroxylation is 1. The SMILES string of the molecule is CCCn1nccc1CNc1cccc(CO)c1. The highest BCUT2D eigenvalue weighted by molar-refractivity contribution is 5.45. The van der Waals surface area contributed by atoms with Crippen LogP contribution in [-0.2, 0) is 19.7 Å². The van der Waals surface area contributed by atoms with E-state index >= 15 is 0 Å². The molecule has 1 aromatic heterocycles. The lowest BCUT2D eigenvalue weighted by Gasteiger charge is -2.09. The number of benzene rings is 1. The molecule has 2 rings (SSSR count). The van der Waals surface area contributed by atoms with Crippen LogP contribution in [0.2, 0.25) is 0 Å². The van der Waals surface area contributed by atoms with Gasteiger partial charge in [-0.1, -0.05) is 19.1 Å². The molecule has 0 aliphatic heterocycles. The number of aliphatic hydroxyl groups is 1. The first-order chi connectivity index (χ1) is 8.83. The fourth-order valence-corrected chi connectivity index (χ4v) is 1.90. The number of rotatable bonds is 6. The third-order valence-electron chi connectivity index (χ3n) is 2.82. The highest BCUT2D eigenvalue weighted by Gasteiger charge is 2.01. The molecule has 0 amide bonds. The molecule has 4 heteroatoms. The van der Waals surface area contributed by atoms with Gasteiger partial charge >= 0.3 is 0 Å². The van der Waals surface area contributed by atoms with Crippen LogP contribution in [0.25, 0.3) is 0 Å². The van der Waals surface area contributed by atoms with Crippen LogP contribution in [0.1, 0.15) is 24.6 Å². The van der Waals surface area contributed by atoms with E-state index in [2.05, 4.69) is 17.3 Å². The van der Waals surface area contributed by atoms with Crippen LogP contribution < -0.4 is 5.32 Å². The number of anilines is 1. The van der Waals surface area contributed by atoms with Gasteiger partial charge in [0.25, 0.3) is 0 Å². The maximum atomic E-state index is 9.09. The van der Waals surface area contributed by atoms with Gasteiger partial charge in [0.15, 0.2) is 0 Å². The monoisotopic (exact) mass is 245 g/mol. The summed E-state index contributed by atoms with van der Waals surface area (Å²) in [5.74, 6) is 0. The Morgan fingerprint density at radius 1 is 1.33 bits per heavy atom. The van der Waals surface area contributed by atoms with Gasteiger partial charge in [0.05, 0.1) is 18.8 Å². The van der Waals surface area contributed by atoms with Crippen molar-refractivity contribution in [1.82, 2.24) is 9.78 Å². The van der Waals surface area contributed by atoms with Gasteiger partial charge in [-0.2, -0.15) is 5.10 Å². The van der Waals surface area contributed by atoms with E-state index in [4.69, 9.17) is 5.11 Å². The van der Waals surface area contributed by atoms with Gasteiger partial charge in [-0.3, -0.25) is 4.68 Å². The Bertz CT molecular complexity index is 493. The summed E-state index contributed by atoms with van der Waals surface area (Å²) in [6.45, 7) is 3.91. The molecule has 1 heterocycles. The van der Waals surface area contributed by atoms with E-state index in [-0.39, 0.29) is 6.61 Å². The lowest BCUT2D eigenvalue weighted by atomic mass is 10.2. The molecule has 0 radical (unpaired) electrons. The summed E-state index contributed by atoms with van der Waals surface area (Å²) in [6, 6.07) is 9.84. The van der Waals surface area contributed by atoms with Gasteiger partial charge in [-0.05, 0) is 30.2 Å². The molecule has 96 valence electrons. The molecule has 0 spiro atoms. The minimum absolute atomic E-state index is 0.0727. The average molecular weight is 245 g/mol. The molecular weight excluding hydrogens is 226 g/mol. The van der Waals surface area contributed by atoms with Crippen molar-refractivity contribution in [2.24, 2.45) is 0 Å². The molecule has 1 aromatic carbocycles. The first-order valence-corrected chi connectivity index (χ1v) is 6.28. The Morgan fingerprint density at radius 3 is 3.00 bits per heavy atom. The van der Waals surface area contributed by atoms with E-state index in [9.17, 15) is 0 Å². The highest BCUT2D eigenvalue weighted by Crippen LogP contribution is 2.12. The van der Waals surface area contributed by atoms with Crippen LogP contribution in [0.15, 0.2) is 36.5 Å². The van der Waals surface area contributed by atoms with Crippen LogP contribution in [0.5, 0.6) is 0 Å². The van der Waals surface area contributed by atoms with E-state index in [1.807, 2.05) is 41.2 Å². The zero-order valence-electron chi connectivity index (χ0n) is 10.6. The Hall–Kier alpha value is -1.81. The molecule has 0 aliphatic carbocycles. The van der Waals surface area contributed by atoms with Crippen molar-refractivity contribution in [2.75, 3.05) is 5.32 Å². The van der Waals surface area contributed by atoms with Crippen LogP contribution in [-0.4, -0.2) is 14.9 Å². The van der Waals surface area contributed by atoms with Crippen LogP contribution in [0, 0.1) is 0 Å². The number of hydrogen-bond donors (Lipinski definition) is 2. The van der Waals surface area contributed by atoms with Gasteiger partial charge in [0.2, 0.25) is 0 Å². The minimum atomic E-state index is 0.0727. The molecule has 0 atom stereocenters. The zero-order chi connectivity index (χ0) is 12.8. The van der Waals surface area contributed by atoms with Crippen molar-refractivity contribution >= 4 is 5.69 Å². The summed E-state index contributed by atoms with van der Waals surface area (Å²) in [7, 11) is 0. The molecule has 0 saturated carbocycles. The third kappa shape index (κ3) is 3.11. The van der Waals surface area contributed by atoms with Gasteiger partial charge in [0.1, 0.15) is 0 Å². The van der Waals surface area contributed by atoms with Crippen molar-refractivity contribution in [3.63, 3.8) is 0 Å². The lowest BCUT2D eigenvalue weighted by Crippen LogP contribution is -2.09. The maximum Gasteiger partial charge on any atom is 0.0682 e. The standard InChI is InChI=1S/C14H19N3O/c1-2-8-17-14(6-7-16-17)10-15-13-5-3-4-12(9-13)11-18/h3-7,9,15,18H,2,8,10-11H2,1H3. The van der Waals surface area contributed by atoms with Crippen molar-refractivity contribution in [1.29, 1.82) is 0 Å². The van der Waals surface area contributed by atoms with Crippen molar-refractivity contribution in [3.8, 4) is 0 Å². The molecule has 18 heavy (non-hydrogen) atoms. The van der Waals surface area contributed by atoms with Gasteiger partial charge < -0.3 is 10.4 Å². The Labute approximate surface area is 107 Å². The van der Waals surface area contributed by atoms with E-state index in [0.717, 1.165) is 30.8 Å². The minimum Gasteiger partial charge on any atom is -0.392 e. The molecule has 0 bridgehead atoms. The topological polar surface area (TPSA) is 50.1 Å². The molecule has 4 nitrogen and oxygen atoms in total. The number of aromatic nitrogens is 2. The first kappa shape index (κ1) is 12.6. The normalized spacial score (nSPS) is 10.6. The number of hydrogen-bond acceptors (Lipinski definition) is 3. The van der Waals surface area contributed by atoms with Crippen molar-refractivity contribution in [3.05, 3.63) is 47.8 Å². The Morgan fingerprint density at radius 2 is 2.22 bits per heavy atom. The molecule has 0 saturated heterocycles. The van der Waals surface area contributed by atoms with Gasteiger partial charge in [-0.25, -0.2) is 0 Å². The van der Waals surface area contributed by atoms with E-state index in [1.54, 1.807) is 0 Å². The fourth-order valence-electron chi connectivity index (χ4n) is 1.90. The van der Waals surface area contributed by atoms with Gasteiger partial charge in [-0.15, -0.1) is 0 Å². The van der Waals surface area contributed by atoms with E-state index < -0.39 is 0 Å². The second-order valence-electron chi connectivity index (χ2n) is 4.26. The van der Waals surface area contributed by atoms with E-state index in [1.165, 1.54) is 5.69 Å². The predicted octanol–water partition coefficient (Wildman–Crippen LogP) is 2.40. The molecule has 0 fully saturated rings. The largest absolute Gasteiger partial charge is 0.392 e. The van der Waals surface area contributed by atoms with Crippen molar-refractivity contribution in [2.45, 2.75) is 33.0 Å². The van der Waals surface area contributed by atoms with Crippen molar-refractivity contribution < 1.29 is 5.11 Å². The summed E-state index contributed by atoms with van der Waals surface area (Å²) < 4.78 is 2.02. The molecule has 2 N–H and O–H groups in total.